The fourth-order valence-corrected chi connectivity index (χ4v) is 4.53. The Morgan fingerprint density at radius 2 is 1.79 bits per heavy atom. The van der Waals surface area contributed by atoms with Gasteiger partial charge in [-0.15, -0.1) is 11.0 Å². The van der Waals surface area contributed by atoms with Crippen molar-refractivity contribution in [2.45, 2.75) is 57.9 Å². The molecule has 7 nitrogen and oxygen atoms in total. The van der Waals surface area contributed by atoms with E-state index < -0.39 is 0 Å². The van der Waals surface area contributed by atoms with Crippen LogP contribution < -0.4 is 0 Å². The van der Waals surface area contributed by atoms with Crippen LogP contribution >= 0.6 is 0 Å². The molecule has 0 aliphatic heterocycles. The molecule has 0 amide bonds. The molecule has 0 bridgehead atoms. The number of nitrogens with one attached hydrogen (secondary N) is 1. The lowest BCUT2D eigenvalue weighted by Gasteiger charge is -2.18. The molecule has 0 saturated heterocycles. The van der Waals surface area contributed by atoms with Crippen LogP contribution in [-0.4, -0.2) is 35.4 Å². The molecule has 166 valence electrons. The molecule has 0 atom stereocenters. The summed E-state index contributed by atoms with van der Waals surface area (Å²) in [5, 5.41) is 19.3. The van der Waals surface area contributed by atoms with Crippen LogP contribution in [0.15, 0.2) is 48.5 Å². The van der Waals surface area contributed by atoms with Gasteiger partial charge in [-0.05, 0) is 46.9 Å². The van der Waals surface area contributed by atoms with Crippen LogP contribution in [0, 0.1) is 11.8 Å². The maximum absolute atomic E-state index is 4.92. The van der Waals surface area contributed by atoms with Crippen LogP contribution in [0.25, 0.3) is 22.5 Å². The monoisotopic (exact) mass is 437 g/mol. The predicted octanol–water partition coefficient (Wildman–Crippen LogP) is 4.79. The molecule has 1 saturated carbocycles. The Kier molecular flexibility index (Phi) is 6.25. The highest BCUT2D eigenvalue weighted by molar-refractivity contribution is 5.80. The highest BCUT2D eigenvalue weighted by Crippen LogP contribution is 2.32. The smallest absolute Gasteiger partial charge is 0.180 e. The molecular formula is C26H27N7. The average Bonchev–Trinajstić information content (AvgIpc) is 3.54. The Labute approximate surface area is 193 Å². The number of tetrazole rings is 1. The first kappa shape index (κ1) is 21.1. The van der Waals surface area contributed by atoms with Crippen molar-refractivity contribution in [3.63, 3.8) is 0 Å². The van der Waals surface area contributed by atoms with Crippen molar-refractivity contribution in [2.24, 2.45) is 0 Å². The Morgan fingerprint density at radius 3 is 2.52 bits per heavy atom. The van der Waals surface area contributed by atoms with E-state index in [1.165, 1.54) is 37.7 Å². The first-order valence-corrected chi connectivity index (χ1v) is 11.6. The second-order valence-corrected chi connectivity index (χ2v) is 8.47. The Hall–Kier alpha value is -3.79. The Morgan fingerprint density at radius 1 is 1.00 bits per heavy atom. The van der Waals surface area contributed by atoms with E-state index in [9.17, 15) is 0 Å². The molecule has 7 heteroatoms. The highest BCUT2D eigenvalue weighted by Gasteiger charge is 2.21. The lowest BCUT2D eigenvalue weighted by molar-refractivity contribution is 0.426. The van der Waals surface area contributed by atoms with Crippen molar-refractivity contribution in [1.82, 2.24) is 35.4 Å². The van der Waals surface area contributed by atoms with Crippen LogP contribution in [0.4, 0.5) is 0 Å². The molecule has 1 aliphatic rings. The maximum atomic E-state index is 4.92. The third-order valence-electron chi connectivity index (χ3n) is 6.28. The number of hydrogen-bond acceptors (Lipinski definition) is 5. The third kappa shape index (κ3) is 4.70. The van der Waals surface area contributed by atoms with E-state index in [2.05, 4.69) is 62.8 Å². The first-order chi connectivity index (χ1) is 16.3. The van der Waals surface area contributed by atoms with Gasteiger partial charge in [-0.3, -0.25) is 0 Å². The predicted molar refractivity (Wildman–Crippen MR) is 127 cm³/mol. The fourth-order valence-electron chi connectivity index (χ4n) is 4.53. The summed E-state index contributed by atoms with van der Waals surface area (Å²) in [5.74, 6) is 9.25. The van der Waals surface area contributed by atoms with Gasteiger partial charge in [0.05, 0.1) is 13.0 Å². The van der Waals surface area contributed by atoms with Crippen molar-refractivity contribution in [3.8, 4) is 34.4 Å². The summed E-state index contributed by atoms with van der Waals surface area (Å²) >= 11 is 0. The molecule has 2 heterocycles. The molecule has 1 N–H and O–H groups in total. The normalized spacial score (nSPS) is 14.1. The van der Waals surface area contributed by atoms with Gasteiger partial charge in [0.25, 0.3) is 0 Å². The van der Waals surface area contributed by atoms with Gasteiger partial charge in [-0.1, -0.05) is 73.7 Å². The van der Waals surface area contributed by atoms with Crippen LogP contribution in [-0.2, 0) is 13.0 Å². The van der Waals surface area contributed by atoms with Crippen molar-refractivity contribution in [3.05, 3.63) is 65.7 Å². The number of hydrogen-bond donors (Lipinski definition) is 1. The number of nitrogens with zero attached hydrogens (tertiary/aromatic N) is 6. The van der Waals surface area contributed by atoms with Gasteiger partial charge in [-0.25, -0.2) is 14.8 Å². The van der Waals surface area contributed by atoms with Gasteiger partial charge < -0.3 is 0 Å². The number of benzene rings is 2. The van der Waals surface area contributed by atoms with E-state index in [1.807, 2.05) is 29.8 Å². The SMILES string of the molecule is CC#CCc1nc(C2CCCCC2)nn1Cc1ccc(-c2ccccc2-c2nnn[nH]2)cc1. The van der Waals surface area contributed by atoms with Gasteiger partial charge in [0.15, 0.2) is 11.6 Å². The van der Waals surface area contributed by atoms with E-state index in [4.69, 9.17) is 10.1 Å². The van der Waals surface area contributed by atoms with Gasteiger partial charge in [0.2, 0.25) is 0 Å². The van der Waals surface area contributed by atoms with E-state index in [0.29, 0.717) is 24.7 Å². The molecule has 5 rings (SSSR count). The first-order valence-electron chi connectivity index (χ1n) is 11.6. The van der Waals surface area contributed by atoms with Crippen LogP contribution in [0.3, 0.4) is 0 Å². The Balaban J connectivity index is 1.39. The van der Waals surface area contributed by atoms with E-state index >= 15 is 0 Å². The van der Waals surface area contributed by atoms with Crippen LogP contribution in [0.5, 0.6) is 0 Å². The molecule has 33 heavy (non-hydrogen) atoms. The largest absolute Gasteiger partial charge is 0.244 e. The van der Waals surface area contributed by atoms with Crippen molar-refractivity contribution in [1.29, 1.82) is 0 Å². The molecule has 1 fully saturated rings. The van der Waals surface area contributed by atoms with Crippen molar-refractivity contribution in [2.75, 3.05) is 0 Å². The molecule has 4 aromatic rings. The second kappa shape index (κ2) is 9.78. The van der Waals surface area contributed by atoms with Gasteiger partial charge >= 0.3 is 0 Å². The molecule has 1 aliphatic carbocycles. The summed E-state index contributed by atoms with van der Waals surface area (Å²) < 4.78 is 2.04. The minimum Gasteiger partial charge on any atom is -0.244 e. The summed E-state index contributed by atoms with van der Waals surface area (Å²) in [5.41, 5.74) is 4.36. The fraction of sp³-hybridized carbons (Fsp3) is 0.346. The number of rotatable bonds is 6. The maximum Gasteiger partial charge on any atom is 0.180 e. The molecule has 0 spiro atoms. The standard InChI is InChI=1S/C26H27N7/c1-2-3-13-24-27-25(21-9-5-4-6-10-21)30-33(24)18-19-14-16-20(17-15-19)22-11-7-8-12-23(22)26-28-31-32-29-26/h7-8,11-12,14-17,21H,4-6,9-10,13,18H2,1H3,(H,28,29,31,32). The number of H-pyrrole nitrogens is 1. The van der Waals surface area contributed by atoms with Gasteiger partial charge in [0, 0.05) is 11.5 Å². The summed E-state index contributed by atoms with van der Waals surface area (Å²) in [6, 6.07) is 16.7. The lowest BCUT2D eigenvalue weighted by atomic mass is 9.89. The Bertz CT molecular complexity index is 1250. The number of aromatic amines is 1. The van der Waals surface area contributed by atoms with E-state index in [-0.39, 0.29) is 0 Å². The van der Waals surface area contributed by atoms with Crippen LogP contribution in [0.2, 0.25) is 0 Å². The average molecular weight is 438 g/mol. The highest BCUT2D eigenvalue weighted by atomic mass is 15.5. The minimum absolute atomic E-state index is 0.484. The van der Waals surface area contributed by atoms with Gasteiger partial charge in [-0.2, -0.15) is 5.10 Å². The molecule has 0 unspecified atom stereocenters. The quantitative estimate of drug-likeness (QED) is 0.439. The zero-order valence-electron chi connectivity index (χ0n) is 18.8. The van der Waals surface area contributed by atoms with Crippen molar-refractivity contribution >= 4 is 0 Å². The molecule has 2 aromatic heterocycles. The lowest BCUT2D eigenvalue weighted by Crippen LogP contribution is -2.08. The third-order valence-corrected chi connectivity index (χ3v) is 6.28. The van der Waals surface area contributed by atoms with Crippen molar-refractivity contribution < 1.29 is 0 Å². The van der Waals surface area contributed by atoms with E-state index in [1.54, 1.807) is 0 Å². The summed E-state index contributed by atoms with van der Waals surface area (Å²) in [6.07, 6.45) is 6.89. The molecule has 0 radical (unpaired) electrons. The topological polar surface area (TPSA) is 85.2 Å². The summed E-state index contributed by atoms with van der Waals surface area (Å²) in [4.78, 5) is 4.90. The second-order valence-electron chi connectivity index (χ2n) is 8.47. The molecular weight excluding hydrogens is 410 g/mol. The summed E-state index contributed by atoms with van der Waals surface area (Å²) in [6.45, 7) is 2.56. The molecule has 2 aromatic carbocycles. The van der Waals surface area contributed by atoms with E-state index in [0.717, 1.165) is 28.3 Å². The van der Waals surface area contributed by atoms with Gasteiger partial charge in [0.1, 0.15) is 5.82 Å². The minimum atomic E-state index is 0.484. The number of aromatic nitrogens is 7. The summed E-state index contributed by atoms with van der Waals surface area (Å²) in [7, 11) is 0. The zero-order valence-corrected chi connectivity index (χ0v) is 18.8. The van der Waals surface area contributed by atoms with Crippen LogP contribution in [0.1, 0.15) is 62.2 Å². The zero-order chi connectivity index (χ0) is 22.5.